The molecule has 2 nitrogen and oxygen atoms in total. The highest BCUT2D eigenvalue weighted by Gasteiger charge is 2.37. The zero-order valence-electron chi connectivity index (χ0n) is 10.2. The van der Waals surface area contributed by atoms with Gasteiger partial charge in [-0.25, -0.2) is 0 Å². The van der Waals surface area contributed by atoms with Crippen molar-refractivity contribution < 1.29 is 0 Å². The van der Waals surface area contributed by atoms with Gasteiger partial charge in [0.1, 0.15) is 0 Å². The average molecular weight is 218 g/mol. The summed E-state index contributed by atoms with van der Waals surface area (Å²) < 4.78 is 0. The maximum Gasteiger partial charge on any atom is 0.0419 e. The van der Waals surface area contributed by atoms with Gasteiger partial charge >= 0.3 is 0 Å². The Morgan fingerprint density at radius 2 is 2.12 bits per heavy atom. The minimum absolute atomic E-state index is 0.273. The number of hydrogen-bond donors (Lipinski definition) is 1. The van der Waals surface area contributed by atoms with E-state index in [0.717, 1.165) is 12.1 Å². The van der Waals surface area contributed by atoms with E-state index in [2.05, 4.69) is 18.0 Å². The van der Waals surface area contributed by atoms with Crippen molar-refractivity contribution in [2.24, 2.45) is 11.1 Å². The predicted molar refractivity (Wildman–Crippen MR) is 67.1 cm³/mol. The summed E-state index contributed by atoms with van der Waals surface area (Å²) in [6.45, 7) is 2.28. The molecule has 0 amide bonds. The molecule has 2 rings (SSSR count). The van der Waals surface area contributed by atoms with Gasteiger partial charge in [-0.2, -0.15) is 0 Å². The van der Waals surface area contributed by atoms with E-state index < -0.39 is 0 Å². The first-order valence-corrected chi connectivity index (χ1v) is 6.42. The lowest BCUT2D eigenvalue weighted by Gasteiger charge is -2.34. The molecule has 2 heteroatoms. The molecule has 1 fully saturated rings. The molecule has 1 unspecified atom stereocenters. The van der Waals surface area contributed by atoms with Gasteiger partial charge in [0.05, 0.1) is 0 Å². The number of hydrogen-bond acceptors (Lipinski definition) is 2. The molecular weight excluding hydrogens is 196 g/mol. The second-order valence-electron chi connectivity index (χ2n) is 5.05. The molecule has 0 spiro atoms. The van der Waals surface area contributed by atoms with Gasteiger partial charge in [0, 0.05) is 24.4 Å². The zero-order valence-corrected chi connectivity index (χ0v) is 10.2. The minimum atomic E-state index is 0.273. The molecular formula is C14H22N2. The van der Waals surface area contributed by atoms with Gasteiger partial charge in [-0.1, -0.05) is 25.8 Å². The van der Waals surface area contributed by atoms with Gasteiger partial charge in [-0.3, -0.25) is 4.98 Å². The Morgan fingerprint density at radius 1 is 1.38 bits per heavy atom. The summed E-state index contributed by atoms with van der Waals surface area (Å²) in [6, 6.07) is 6.36. The Morgan fingerprint density at radius 3 is 2.69 bits per heavy atom. The van der Waals surface area contributed by atoms with Gasteiger partial charge in [-0.15, -0.1) is 0 Å². The quantitative estimate of drug-likeness (QED) is 0.844. The number of aromatic nitrogens is 1. The normalized spacial score (nSPS) is 20.9. The van der Waals surface area contributed by atoms with Crippen LogP contribution in [0.3, 0.4) is 0 Å². The van der Waals surface area contributed by atoms with Crippen LogP contribution in [0.5, 0.6) is 0 Å². The molecule has 0 radical (unpaired) electrons. The standard InChI is InChI=1S/C14H22N2/c1-2-14(8-4-5-9-14)13(15)11-12-7-3-6-10-16-12/h3,6-7,10,13H,2,4-5,8-9,11,15H2,1H3. The van der Waals surface area contributed by atoms with Crippen LogP contribution in [0.15, 0.2) is 24.4 Å². The van der Waals surface area contributed by atoms with Crippen LogP contribution in [-0.4, -0.2) is 11.0 Å². The topological polar surface area (TPSA) is 38.9 Å². The fourth-order valence-electron chi connectivity index (χ4n) is 3.03. The van der Waals surface area contributed by atoms with Crippen LogP contribution >= 0.6 is 0 Å². The van der Waals surface area contributed by atoms with E-state index in [1.807, 2.05) is 18.3 Å². The summed E-state index contributed by atoms with van der Waals surface area (Å²) in [6.07, 6.45) is 9.30. The summed E-state index contributed by atoms with van der Waals surface area (Å²) in [7, 11) is 0. The van der Waals surface area contributed by atoms with Crippen LogP contribution in [0.25, 0.3) is 0 Å². The van der Waals surface area contributed by atoms with Crippen LogP contribution in [0.4, 0.5) is 0 Å². The summed E-state index contributed by atoms with van der Waals surface area (Å²) >= 11 is 0. The third-order valence-electron chi connectivity index (χ3n) is 4.25. The molecule has 0 aromatic carbocycles. The third-order valence-corrected chi connectivity index (χ3v) is 4.25. The Bertz CT molecular complexity index is 315. The molecule has 16 heavy (non-hydrogen) atoms. The molecule has 1 aromatic heterocycles. The number of pyridine rings is 1. The number of rotatable bonds is 4. The van der Waals surface area contributed by atoms with Crippen LogP contribution in [0, 0.1) is 5.41 Å². The van der Waals surface area contributed by atoms with E-state index in [1.54, 1.807) is 0 Å². The number of nitrogens with two attached hydrogens (primary N) is 1. The molecule has 1 heterocycles. The van der Waals surface area contributed by atoms with Crippen LogP contribution in [0.2, 0.25) is 0 Å². The van der Waals surface area contributed by atoms with E-state index >= 15 is 0 Å². The largest absolute Gasteiger partial charge is 0.327 e. The zero-order chi connectivity index (χ0) is 11.4. The highest BCUT2D eigenvalue weighted by Crippen LogP contribution is 2.43. The molecule has 1 aliphatic carbocycles. The monoisotopic (exact) mass is 218 g/mol. The van der Waals surface area contributed by atoms with Gasteiger partial charge in [-0.05, 0) is 36.8 Å². The molecule has 0 aliphatic heterocycles. The first-order valence-electron chi connectivity index (χ1n) is 6.42. The lowest BCUT2D eigenvalue weighted by molar-refractivity contribution is 0.218. The molecule has 2 N–H and O–H groups in total. The molecule has 0 saturated heterocycles. The van der Waals surface area contributed by atoms with Crippen molar-refractivity contribution in [3.63, 3.8) is 0 Å². The lowest BCUT2D eigenvalue weighted by Crippen LogP contribution is -2.41. The highest BCUT2D eigenvalue weighted by molar-refractivity contribution is 5.07. The van der Waals surface area contributed by atoms with E-state index in [9.17, 15) is 0 Å². The Balaban J connectivity index is 2.04. The predicted octanol–water partition coefficient (Wildman–Crippen LogP) is 2.92. The maximum atomic E-state index is 6.42. The van der Waals surface area contributed by atoms with Crippen molar-refractivity contribution >= 4 is 0 Å². The SMILES string of the molecule is CCC1(C(N)Cc2ccccn2)CCCC1. The Labute approximate surface area is 98.3 Å². The third kappa shape index (κ3) is 2.27. The molecule has 88 valence electrons. The summed E-state index contributed by atoms with van der Waals surface area (Å²) in [5, 5.41) is 0. The molecule has 1 atom stereocenters. The van der Waals surface area contributed by atoms with E-state index in [0.29, 0.717) is 5.41 Å². The molecule has 1 aromatic rings. The Hall–Kier alpha value is -0.890. The van der Waals surface area contributed by atoms with E-state index in [4.69, 9.17) is 5.73 Å². The van der Waals surface area contributed by atoms with Gasteiger partial charge < -0.3 is 5.73 Å². The first kappa shape index (κ1) is 11.6. The highest BCUT2D eigenvalue weighted by atomic mass is 14.7. The molecule has 1 aliphatic rings. The molecule has 1 saturated carbocycles. The van der Waals surface area contributed by atoms with Crippen LogP contribution in [0.1, 0.15) is 44.7 Å². The van der Waals surface area contributed by atoms with E-state index in [1.165, 1.54) is 32.1 Å². The van der Waals surface area contributed by atoms with Crippen molar-refractivity contribution in [3.05, 3.63) is 30.1 Å². The van der Waals surface area contributed by atoms with Crippen LogP contribution in [-0.2, 0) is 6.42 Å². The second-order valence-corrected chi connectivity index (χ2v) is 5.05. The fraction of sp³-hybridized carbons (Fsp3) is 0.643. The van der Waals surface area contributed by atoms with Crippen molar-refractivity contribution in [3.8, 4) is 0 Å². The summed E-state index contributed by atoms with van der Waals surface area (Å²) in [5.41, 5.74) is 7.94. The minimum Gasteiger partial charge on any atom is -0.327 e. The van der Waals surface area contributed by atoms with Gasteiger partial charge in [0.15, 0.2) is 0 Å². The molecule has 0 bridgehead atoms. The van der Waals surface area contributed by atoms with Gasteiger partial charge in [0.2, 0.25) is 0 Å². The smallest absolute Gasteiger partial charge is 0.0419 e. The first-order chi connectivity index (χ1) is 7.77. The van der Waals surface area contributed by atoms with Gasteiger partial charge in [0.25, 0.3) is 0 Å². The van der Waals surface area contributed by atoms with E-state index in [-0.39, 0.29) is 6.04 Å². The van der Waals surface area contributed by atoms with Crippen molar-refractivity contribution in [2.75, 3.05) is 0 Å². The summed E-state index contributed by atoms with van der Waals surface area (Å²) in [5.74, 6) is 0. The van der Waals surface area contributed by atoms with Crippen molar-refractivity contribution in [2.45, 2.75) is 51.5 Å². The lowest BCUT2D eigenvalue weighted by atomic mass is 9.75. The van der Waals surface area contributed by atoms with Crippen LogP contribution < -0.4 is 5.73 Å². The number of nitrogens with zero attached hydrogens (tertiary/aromatic N) is 1. The van der Waals surface area contributed by atoms with Crippen molar-refractivity contribution in [1.82, 2.24) is 4.98 Å². The maximum absolute atomic E-state index is 6.42. The Kier molecular flexibility index (Phi) is 3.59. The average Bonchev–Trinajstić information content (AvgIpc) is 2.80. The van der Waals surface area contributed by atoms with Crippen molar-refractivity contribution in [1.29, 1.82) is 0 Å². The second kappa shape index (κ2) is 4.96. The summed E-state index contributed by atoms with van der Waals surface area (Å²) in [4.78, 5) is 4.38. The fourth-order valence-corrected chi connectivity index (χ4v) is 3.03.